The van der Waals surface area contributed by atoms with Crippen molar-refractivity contribution in [1.29, 1.82) is 0 Å². The first-order valence-corrected chi connectivity index (χ1v) is 11.6. The van der Waals surface area contributed by atoms with E-state index in [0.29, 0.717) is 5.88 Å². The van der Waals surface area contributed by atoms with Crippen LogP contribution in [0.2, 0.25) is 0 Å². The maximum absolute atomic E-state index is 13.5. The van der Waals surface area contributed by atoms with Crippen LogP contribution in [0.25, 0.3) is 22.2 Å². The molecule has 0 saturated heterocycles. The fourth-order valence-electron chi connectivity index (χ4n) is 4.53. The van der Waals surface area contributed by atoms with Crippen LogP contribution in [-0.2, 0) is 7.05 Å². The molecule has 1 fully saturated rings. The Labute approximate surface area is 196 Å². The number of hydrogen-bond donors (Lipinski definition) is 1. The number of rotatable bonds is 6. The lowest BCUT2D eigenvalue weighted by atomic mass is 9.93. The van der Waals surface area contributed by atoms with Gasteiger partial charge in [0.05, 0.1) is 11.6 Å². The zero-order valence-corrected chi connectivity index (χ0v) is 19.2. The van der Waals surface area contributed by atoms with Crippen LogP contribution in [0, 0.1) is 5.82 Å². The molecule has 0 aliphatic heterocycles. The van der Waals surface area contributed by atoms with Gasteiger partial charge in [-0.2, -0.15) is 5.10 Å². The second-order valence-corrected chi connectivity index (χ2v) is 8.60. The summed E-state index contributed by atoms with van der Waals surface area (Å²) in [5.74, 6) is 1.00. The Morgan fingerprint density at radius 2 is 1.85 bits per heavy atom. The third-order valence-electron chi connectivity index (χ3n) is 6.28. The second kappa shape index (κ2) is 9.24. The number of benzene rings is 1. The standard InChI is InChI=1S/C25H27FN6O2/c1-3-27-22-14-21-20(15-28-22)25(16-4-6-17(26)7-5-16)30-32(21)18-8-10-19(11-9-18)34-23-12-13-24(33)31(2)29-23/h4-7,12-15,18-19H,3,8-11H2,1-2H3,(H,27,28)/t18-,19+. The molecular weight excluding hydrogens is 435 g/mol. The molecule has 5 rings (SSSR count). The topological polar surface area (TPSA) is 86.9 Å². The minimum absolute atomic E-state index is 0.0404. The van der Waals surface area contributed by atoms with Crippen molar-refractivity contribution in [2.45, 2.75) is 44.8 Å². The lowest BCUT2D eigenvalue weighted by Crippen LogP contribution is -2.27. The fourth-order valence-corrected chi connectivity index (χ4v) is 4.53. The van der Waals surface area contributed by atoms with Gasteiger partial charge in [-0.15, -0.1) is 5.10 Å². The number of hydrogen-bond acceptors (Lipinski definition) is 6. The number of halogens is 1. The molecule has 0 spiro atoms. The average molecular weight is 463 g/mol. The number of fused-ring (bicyclic) bond motifs is 1. The van der Waals surface area contributed by atoms with Crippen molar-refractivity contribution < 1.29 is 9.13 Å². The molecule has 3 heterocycles. The molecule has 0 atom stereocenters. The highest BCUT2D eigenvalue weighted by molar-refractivity contribution is 5.94. The Bertz CT molecular complexity index is 1360. The molecule has 1 N–H and O–H groups in total. The van der Waals surface area contributed by atoms with Crippen molar-refractivity contribution in [3.05, 3.63) is 64.8 Å². The molecule has 4 aromatic rings. The summed E-state index contributed by atoms with van der Waals surface area (Å²) >= 11 is 0. The van der Waals surface area contributed by atoms with Crippen molar-refractivity contribution in [1.82, 2.24) is 24.5 Å². The highest BCUT2D eigenvalue weighted by Gasteiger charge is 2.27. The number of nitrogens with one attached hydrogen (secondary N) is 1. The van der Waals surface area contributed by atoms with Gasteiger partial charge in [0.2, 0.25) is 5.88 Å². The number of pyridine rings is 1. The molecule has 34 heavy (non-hydrogen) atoms. The Kier molecular flexibility index (Phi) is 6.00. The summed E-state index contributed by atoms with van der Waals surface area (Å²) in [5.41, 5.74) is 2.51. The lowest BCUT2D eigenvalue weighted by molar-refractivity contribution is 0.123. The SMILES string of the molecule is CCNc1cc2c(cn1)c(-c1ccc(F)cc1)nn2[C@H]1CC[C@@H](Oc2ccc(=O)n(C)n2)CC1. The van der Waals surface area contributed by atoms with Gasteiger partial charge in [-0.05, 0) is 56.9 Å². The zero-order valence-electron chi connectivity index (χ0n) is 19.2. The third kappa shape index (κ3) is 4.37. The normalized spacial score (nSPS) is 18.2. The number of nitrogens with zero attached hydrogens (tertiary/aromatic N) is 5. The minimum atomic E-state index is -0.272. The zero-order chi connectivity index (χ0) is 23.7. The number of anilines is 1. The summed E-state index contributed by atoms with van der Waals surface area (Å²) in [6.07, 6.45) is 5.39. The Morgan fingerprint density at radius 1 is 1.09 bits per heavy atom. The van der Waals surface area contributed by atoms with Crippen molar-refractivity contribution in [2.75, 3.05) is 11.9 Å². The van der Waals surface area contributed by atoms with E-state index in [1.807, 2.05) is 19.2 Å². The maximum Gasteiger partial charge on any atom is 0.266 e. The van der Waals surface area contributed by atoms with Crippen molar-refractivity contribution in [3.8, 4) is 17.1 Å². The average Bonchev–Trinajstić information content (AvgIpc) is 3.21. The van der Waals surface area contributed by atoms with Crippen LogP contribution in [0.5, 0.6) is 5.88 Å². The predicted molar refractivity (Wildman–Crippen MR) is 128 cm³/mol. The Morgan fingerprint density at radius 3 is 2.56 bits per heavy atom. The third-order valence-corrected chi connectivity index (χ3v) is 6.28. The monoisotopic (exact) mass is 462 g/mol. The Hall–Kier alpha value is -3.75. The fraction of sp³-hybridized carbons (Fsp3) is 0.360. The van der Waals surface area contributed by atoms with Crippen LogP contribution in [0.3, 0.4) is 0 Å². The summed E-state index contributed by atoms with van der Waals surface area (Å²) < 4.78 is 22.9. The van der Waals surface area contributed by atoms with Gasteiger partial charge < -0.3 is 10.1 Å². The summed E-state index contributed by atoms with van der Waals surface area (Å²) in [6, 6.07) is 11.8. The van der Waals surface area contributed by atoms with Crippen molar-refractivity contribution in [3.63, 3.8) is 0 Å². The molecule has 8 nitrogen and oxygen atoms in total. The van der Waals surface area contributed by atoms with Gasteiger partial charge in [0.1, 0.15) is 23.4 Å². The van der Waals surface area contributed by atoms with E-state index in [2.05, 4.69) is 20.1 Å². The van der Waals surface area contributed by atoms with Crippen LogP contribution >= 0.6 is 0 Å². The summed E-state index contributed by atoms with van der Waals surface area (Å²) in [6.45, 7) is 2.81. The van der Waals surface area contributed by atoms with E-state index in [0.717, 1.165) is 60.2 Å². The van der Waals surface area contributed by atoms with Gasteiger partial charge in [-0.3, -0.25) is 9.48 Å². The number of aryl methyl sites for hydroxylation is 1. The van der Waals surface area contributed by atoms with Crippen LogP contribution < -0.4 is 15.6 Å². The van der Waals surface area contributed by atoms with Crippen LogP contribution in [0.4, 0.5) is 10.2 Å². The Balaban J connectivity index is 1.41. The molecule has 0 bridgehead atoms. The van der Waals surface area contributed by atoms with Gasteiger partial charge in [-0.1, -0.05) is 0 Å². The van der Waals surface area contributed by atoms with E-state index in [4.69, 9.17) is 9.84 Å². The number of aromatic nitrogens is 5. The first-order valence-electron chi connectivity index (χ1n) is 11.6. The first kappa shape index (κ1) is 22.1. The van der Waals surface area contributed by atoms with Crippen molar-refractivity contribution in [2.24, 2.45) is 7.05 Å². The van der Waals surface area contributed by atoms with Crippen molar-refractivity contribution >= 4 is 16.7 Å². The number of ether oxygens (including phenoxy) is 1. The first-order chi connectivity index (χ1) is 16.5. The van der Waals surface area contributed by atoms with E-state index in [1.165, 1.54) is 22.9 Å². The van der Waals surface area contributed by atoms with E-state index < -0.39 is 0 Å². The molecule has 176 valence electrons. The summed E-state index contributed by atoms with van der Waals surface area (Å²) in [7, 11) is 1.62. The molecule has 9 heteroatoms. The quantitative estimate of drug-likeness (QED) is 0.459. The van der Waals surface area contributed by atoms with Gasteiger partial charge in [0.25, 0.3) is 5.56 Å². The van der Waals surface area contributed by atoms with Gasteiger partial charge in [0.15, 0.2) is 0 Å². The summed E-state index contributed by atoms with van der Waals surface area (Å²) in [5, 5.41) is 13.4. The van der Waals surface area contributed by atoms with Crippen LogP contribution in [0.15, 0.2) is 53.5 Å². The predicted octanol–water partition coefficient (Wildman–Crippen LogP) is 4.33. The van der Waals surface area contributed by atoms with Gasteiger partial charge in [0, 0.05) is 48.9 Å². The lowest BCUT2D eigenvalue weighted by Gasteiger charge is -2.29. The molecule has 0 unspecified atom stereocenters. The molecule has 1 aliphatic rings. The largest absolute Gasteiger partial charge is 0.473 e. The van der Waals surface area contributed by atoms with E-state index in [9.17, 15) is 9.18 Å². The molecule has 0 radical (unpaired) electrons. The second-order valence-electron chi connectivity index (χ2n) is 8.60. The molecule has 1 aliphatic carbocycles. The van der Waals surface area contributed by atoms with Crippen LogP contribution in [-0.4, -0.2) is 37.2 Å². The van der Waals surface area contributed by atoms with Gasteiger partial charge >= 0.3 is 0 Å². The maximum atomic E-state index is 13.5. The molecule has 1 aromatic carbocycles. The molecule has 0 amide bonds. The van der Waals surface area contributed by atoms with E-state index in [-0.39, 0.29) is 23.5 Å². The summed E-state index contributed by atoms with van der Waals surface area (Å²) in [4.78, 5) is 16.1. The van der Waals surface area contributed by atoms with E-state index >= 15 is 0 Å². The van der Waals surface area contributed by atoms with Gasteiger partial charge in [-0.25, -0.2) is 14.1 Å². The van der Waals surface area contributed by atoms with E-state index in [1.54, 1.807) is 25.2 Å². The highest BCUT2D eigenvalue weighted by Crippen LogP contribution is 2.36. The smallest absolute Gasteiger partial charge is 0.266 e. The molecular formula is C25H27FN6O2. The minimum Gasteiger partial charge on any atom is -0.473 e. The highest BCUT2D eigenvalue weighted by atomic mass is 19.1. The van der Waals surface area contributed by atoms with Crippen LogP contribution in [0.1, 0.15) is 38.6 Å². The molecule has 3 aromatic heterocycles. The molecule has 1 saturated carbocycles.